The van der Waals surface area contributed by atoms with Crippen molar-refractivity contribution in [2.24, 2.45) is 0 Å². The van der Waals surface area contributed by atoms with Gasteiger partial charge in [0.25, 0.3) is 0 Å². The van der Waals surface area contributed by atoms with Crippen LogP contribution in [0.5, 0.6) is 11.5 Å². The molecule has 2 aromatic rings. The lowest BCUT2D eigenvalue weighted by Crippen LogP contribution is -2.36. The highest BCUT2D eigenvalue weighted by Crippen LogP contribution is 2.35. The summed E-state index contributed by atoms with van der Waals surface area (Å²) < 4.78 is 38.6. The van der Waals surface area contributed by atoms with Gasteiger partial charge in [-0.3, -0.25) is 0 Å². The van der Waals surface area contributed by atoms with Crippen LogP contribution in [-0.4, -0.2) is 33.5 Å². The molecular formula is C19H22ClNO4S. The highest BCUT2D eigenvalue weighted by atomic mass is 35.5. The zero-order valence-corrected chi connectivity index (χ0v) is 16.9. The van der Waals surface area contributed by atoms with Gasteiger partial charge in [-0.25, -0.2) is 8.42 Å². The Hall–Kier alpha value is -1.76. The smallest absolute Gasteiger partial charge is 0.243 e. The molecule has 0 saturated heterocycles. The summed E-state index contributed by atoms with van der Waals surface area (Å²) in [7, 11) is -0.444. The van der Waals surface area contributed by atoms with Crippen LogP contribution in [0.1, 0.15) is 22.3 Å². The van der Waals surface area contributed by atoms with Gasteiger partial charge in [0.05, 0.1) is 19.1 Å². The van der Waals surface area contributed by atoms with E-state index in [-0.39, 0.29) is 0 Å². The average Bonchev–Trinajstić information content (AvgIpc) is 2.62. The van der Waals surface area contributed by atoms with Gasteiger partial charge in [0.2, 0.25) is 10.0 Å². The Morgan fingerprint density at radius 2 is 1.58 bits per heavy atom. The number of halogens is 1. The molecule has 1 aliphatic rings. The molecule has 0 amide bonds. The minimum Gasteiger partial charge on any atom is -0.493 e. The molecular weight excluding hydrogens is 374 g/mol. The molecule has 1 aliphatic heterocycles. The normalized spacial score (nSPS) is 14.8. The second-order valence-electron chi connectivity index (χ2n) is 6.43. The molecule has 0 radical (unpaired) electrons. The first kappa shape index (κ1) is 19.0. The summed E-state index contributed by atoms with van der Waals surface area (Å²) in [6.07, 6.45) is 0.626. The first-order valence-electron chi connectivity index (χ1n) is 8.28. The summed E-state index contributed by atoms with van der Waals surface area (Å²) in [6, 6.07) is 7.14. The number of hydrogen-bond acceptors (Lipinski definition) is 4. The molecule has 0 N–H and O–H groups in total. The summed E-state index contributed by atoms with van der Waals surface area (Å²) in [5, 5.41) is 0.572. The number of methoxy groups -OCH3 is 2. The van der Waals surface area contributed by atoms with E-state index in [1.54, 1.807) is 33.3 Å². The molecule has 0 aliphatic carbocycles. The third-order valence-electron chi connectivity index (χ3n) is 4.76. The van der Waals surface area contributed by atoms with E-state index >= 15 is 0 Å². The number of sulfonamides is 1. The third kappa shape index (κ3) is 3.29. The van der Waals surface area contributed by atoms with E-state index in [0.29, 0.717) is 46.5 Å². The number of hydrogen-bond donors (Lipinski definition) is 0. The third-order valence-corrected chi connectivity index (χ3v) is 7.15. The Morgan fingerprint density at radius 1 is 0.962 bits per heavy atom. The SMILES string of the molecule is COc1cc2c(cc1OC)CN(S(=O)(=O)c1cc(C)c(Cl)cc1C)CC2. The molecule has 1 heterocycles. The molecule has 0 fully saturated rings. The van der Waals surface area contributed by atoms with E-state index in [1.165, 1.54) is 4.31 Å². The summed E-state index contributed by atoms with van der Waals surface area (Å²) in [4.78, 5) is 0.309. The highest BCUT2D eigenvalue weighted by molar-refractivity contribution is 7.89. The van der Waals surface area contributed by atoms with Gasteiger partial charge in [0.15, 0.2) is 11.5 Å². The van der Waals surface area contributed by atoms with E-state index in [1.807, 2.05) is 19.1 Å². The van der Waals surface area contributed by atoms with Crippen LogP contribution in [0.25, 0.3) is 0 Å². The van der Waals surface area contributed by atoms with Gasteiger partial charge in [0.1, 0.15) is 0 Å². The fourth-order valence-corrected chi connectivity index (χ4v) is 5.16. The molecule has 2 aromatic carbocycles. The van der Waals surface area contributed by atoms with Crippen LogP contribution in [0.15, 0.2) is 29.2 Å². The maximum Gasteiger partial charge on any atom is 0.243 e. The first-order chi connectivity index (χ1) is 12.3. The van der Waals surface area contributed by atoms with Gasteiger partial charge in [-0.15, -0.1) is 0 Å². The standard InChI is InChI=1S/C19H22ClNO4S/c1-12-8-19(13(2)7-16(12)20)26(22,23)21-6-5-14-9-17(24-3)18(25-4)10-15(14)11-21/h7-10H,5-6,11H2,1-4H3. The molecule has 0 saturated carbocycles. The molecule has 26 heavy (non-hydrogen) atoms. The molecule has 3 rings (SSSR count). The average molecular weight is 396 g/mol. The second-order valence-corrected chi connectivity index (χ2v) is 8.74. The molecule has 0 bridgehead atoms. The van der Waals surface area contributed by atoms with Crippen molar-refractivity contribution in [1.29, 1.82) is 0 Å². The molecule has 7 heteroatoms. The molecule has 0 atom stereocenters. The van der Waals surface area contributed by atoms with Crippen LogP contribution in [0.2, 0.25) is 5.02 Å². The Balaban J connectivity index is 1.99. The molecule has 140 valence electrons. The van der Waals surface area contributed by atoms with Crippen LogP contribution >= 0.6 is 11.6 Å². The van der Waals surface area contributed by atoms with Crippen molar-refractivity contribution >= 4 is 21.6 Å². The van der Waals surface area contributed by atoms with E-state index in [0.717, 1.165) is 16.7 Å². The van der Waals surface area contributed by atoms with Crippen molar-refractivity contribution in [3.63, 3.8) is 0 Å². The summed E-state index contributed by atoms with van der Waals surface area (Å²) in [6.45, 7) is 4.30. The van der Waals surface area contributed by atoms with Gasteiger partial charge in [-0.2, -0.15) is 4.31 Å². The number of rotatable bonds is 4. The lowest BCUT2D eigenvalue weighted by atomic mass is 10.0. The summed E-state index contributed by atoms with van der Waals surface area (Å²) in [5.74, 6) is 1.26. The number of aryl methyl sites for hydroxylation is 2. The van der Waals surface area contributed by atoms with Gasteiger partial charge < -0.3 is 9.47 Å². The van der Waals surface area contributed by atoms with Crippen molar-refractivity contribution in [1.82, 2.24) is 4.31 Å². The first-order valence-corrected chi connectivity index (χ1v) is 10.1. The summed E-state index contributed by atoms with van der Waals surface area (Å²) in [5.41, 5.74) is 3.41. The Kier molecular flexibility index (Phi) is 5.19. The quantitative estimate of drug-likeness (QED) is 0.791. The van der Waals surface area contributed by atoms with Gasteiger partial charge in [-0.05, 0) is 66.8 Å². The molecule has 0 unspecified atom stereocenters. The van der Waals surface area contributed by atoms with Crippen LogP contribution in [-0.2, 0) is 23.0 Å². The fourth-order valence-electron chi connectivity index (χ4n) is 3.23. The summed E-state index contributed by atoms with van der Waals surface area (Å²) >= 11 is 6.12. The monoisotopic (exact) mass is 395 g/mol. The largest absolute Gasteiger partial charge is 0.493 e. The topological polar surface area (TPSA) is 55.8 Å². The zero-order valence-electron chi connectivity index (χ0n) is 15.3. The van der Waals surface area contributed by atoms with Gasteiger partial charge in [0, 0.05) is 18.1 Å². The van der Waals surface area contributed by atoms with E-state index in [2.05, 4.69) is 0 Å². The van der Waals surface area contributed by atoms with Crippen LogP contribution in [0, 0.1) is 13.8 Å². The number of ether oxygens (including phenoxy) is 2. The molecule has 0 spiro atoms. The van der Waals surface area contributed by atoms with Gasteiger partial charge in [-0.1, -0.05) is 11.6 Å². The number of nitrogens with zero attached hydrogens (tertiary/aromatic N) is 1. The minimum atomic E-state index is -3.61. The predicted octanol–water partition coefficient (Wildman–Crippen LogP) is 3.72. The lowest BCUT2D eigenvalue weighted by molar-refractivity contribution is 0.348. The minimum absolute atomic E-state index is 0.305. The Labute approximate surface area is 159 Å². The molecule has 5 nitrogen and oxygen atoms in total. The predicted molar refractivity (Wildman–Crippen MR) is 102 cm³/mol. The van der Waals surface area contributed by atoms with E-state index < -0.39 is 10.0 Å². The number of benzene rings is 2. The van der Waals surface area contributed by atoms with E-state index in [9.17, 15) is 8.42 Å². The van der Waals surface area contributed by atoms with Crippen LogP contribution in [0.3, 0.4) is 0 Å². The van der Waals surface area contributed by atoms with Crippen molar-refractivity contribution in [2.75, 3.05) is 20.8 Å². The van der Waals surface area contributed by atoms with Crippen molar-refractivity contribution in [3.05, 3.63) is 51.5 Å². The molecule has 0 aromatic heterocycles. The van der Waals surface area contributed by atoms with Gasteiger partial charge >= 0.3 is 0 Å². The maximum atomic E-state index is 13.2. The van der Waals surface area contributed by atoms with Crippen molar-refractivity contribution in [2.45, 2.75) is 31.7 Å². The lowest BCUT2D eigenvalue weighted by Gasteiger charge is -2.29. The Bertz CT molecular complexity index is 956. The maximum absolute atomic E-state index is 13.2. The van der Waals surface area contributed by atoms with Crippen LogP contribution < -0.4 is 9.47 Å². The highest BCUT2D eigenvalue weighted by Gasteiger charge is 2.30. The zero-order chi connectivity index (χ0) is 19.1. The van der Waals surface area contributed by atoms with E-state index in [4.69, 9.17) is 21.1 Å². The number of fused-ring (bicyclic) bond motifs is 1. The van der Waals surface area contributed by atoms with Crippen molar-refractivity contribution in [3.8, 4) is 11.5 Å². The fraction of sp³-hybridized carbons (Fsp3) is 0.368. The Morgan fingerprint density at radius 3 is 2.19 bits per heavy atom. The van der Waals surface area contributed by atoms with Crippen LogP contribution in [0.4, 0.5) is 0 Å². The second kappa shape index (κ2) is 7.10. The van der Waals surface area contributed by atoms with Crippen molar-refractivity contribution < 1.29 is 17.9 Å².